The highest BCUT2D eigenvalue weighted by molar-refractivity contribution is 5.98. The second kappa shape index (κ2) is 5.64. The smallest absolute Gasteiger partial charge is 0.255 e. The molecule has 0 saturated carbocycles. The van der Waals surface area contributed by atoms with Crippen molar-refractivity contribution in [1.82, 2.24) is 15.1 Å². The zero-order valence-corrected chi connectivity index (χ0v) is 11.0. The van der Waals surface area contributed by atoms with Gasteiger partial charge in [0, 0.05) is 25.5 Å². The lowest BCUT2D eigenvalue weighted by molar-refractivity contribution is 0.0948. The third kappa shape index (κ3) is 2.59. The van der Waals surface area contributed by atoms with Gasteiger partial charge in [0.15, 0.2) is 5.75 Å². The first-order valence-electron chi connectivity index (χ1n) is 6.60. The number of aromatic nitrogens is 2. The molecule has 1 aliphatic heterocycles. The van der Waals surface area contributed by atoms with E-state index in [9.17, 15) is 4.79 Å². The van der Waals surface area contributed by atoms with Gasteiger partial charge in [-0.05, 0) is 18.2 Å². The molecule has 0 bridgehead atoms. The number of para-hydroxylation sites is 1. The molecule has 0 unspecified atom stereocenters. The van der Waals surface area contributed by atoms with Gasteiger partial charge < -0.3 is 15.4 Å². The molecule has 0 radical (unpaired) electrons. The molecule has 6 nitrogen and oxygen atoms in total. The van der Waals surface area contributed by atoms with Gasteiger partial charge in [-0.3, -0.25) is 9.48 Å². The van der Waals surface area contributed by atoms with E-state index < -0.39 is 0 Å². The maximum atomic E-state index is 12.2. The van der Waals surface area contributed by atoms with Crippen molar-refractivity contribution < 1.29 is 9.53 Å². The number of anilines is 1. The Morgan fingerprint density at radius 3 is 3.25 bits per heavy atom. The number of carbonyl (C=O) groups excluding carboxylic acids is 1. The van der Waals surface area contributed by atoms with Crippen molar-refractivity contribution in [2.75, 3.05) is 25.0 Å². The molecule has 0 saturated heterocycles. The van der Waals surface area contributed by atoms with E-state index in [-0.39, 0.29) is 5.91 Å². The first-order chi connectivity index (χ1) is 9.84. The number of rotatable bonds is 4. The lowest BCUT2D eigenvalue weighted by Crippen LogP contribution is -2.29. The highest BCUT2D eigenvalue weighted by atomic mass is 16.5. The number of carbonyl (C=O) groups is 1. The number of nitrogens with one attached hydrogen (secondary N) is 2. The van der Waals surface area contributed by atoms with Crippen molar-refractivity contribution in [3.05, 3.63) is 42.2 Å². The quantitative estimate of drug-likeness (QED) is 0.875. The molecule has 3 rings (SSSR count). The highest BCUT2D eigenvalue weighted by Crippen LogP contribution is 2.30. The number of fused-ring (bicyclic) bond motifs is 1. The zero-order valence-electron chi connectivity index (χ0n) is 11.0. The molecule has 2 aromatic rings. The summed E-state index contributed by atoms with van der Waals surface area (Å²) in [6.07, 6.45) is 3.58. The van der Waals surface area contributed by atoms with Gasteiger partial charge in [0.25, 0.3) is 5.91 Å². The van der Waals surface area contributed by atoms with E-state index >= 15 is 0 Å². The molecule has 2 heterocycles. The molecule has 6 heteroatoms. The minimum Gasteiger partial charge on any atom is -0.489 e. The summed E-state index contributed by atoms with van der Waals surface area (Å²) in [6, 6.07) is 7.39. The van der Waals surface area contributed by atoms with Crippen LogP contribution >= 0.6 is 0 Å². The average molecular weight is 272 g/mol. The van der Waals surface area contributed by atoms with E-state index in [0.717, 1.165) is 12.2 Å². The van der Waals surface area contributed by atoms with Gasteiger partial charge in [-0.1, -0.05) is 6.07 Å². The first kappa shape index (κ1) is 12.5. The van der Waals surface area contributed by atoms with E-state index in [1.165, 1.54) is 0 Å². The molecular weight excluding hydrogens is 256 g/mol. The lowest BCUT2D eigenvalue weighted by Gasteiger charge is -2.21. The maximum absolute atomic E-state index is 12.2. The third-order valence-corrected chi connectivity index (χ3v) is 3.11. The van der Waals surface area contributed by atoms with Crippen LogP contribution < -0.4 is 15.4 Å². The number of hydrogen-bond acceptors (Lipinski definition) is 4. The van der Waals surface area contributed by atoms with Crippen molar-refractivity contribution in [3.63, 3.8) is 0 Å². The summed E-state index contributed by atoms with van der Waals surface area (Å²) in [7, 11) is 0. The second-order valence-electron chi connectivity index (χ2n) is 4.48. The lowest BCUT2D eigenvalue weighted by atomic mass is 10.1. The Bertz CT molecular complexity index is 595. The molecule has 0 fully saturated rings. The molecule has 1 aliphatic rings. The molecule has 1 aromatic heterocycles. The van der Waals surface area contributed by atoms with E-state index in [1.54, 1.807) is 16.9 Å². The normalized spacial score (nSPS) is 13.0. The fourth-order valence-corrected chi connectivity index (χ4v) is 2.16. The maximum Gasteiger partial charge on any atom is 0.255 e. The van der Waals surface area contributed by atoms with Crippen molar-refractivity contribution >= 4 is 11.6 Å². The molecule has 2 N–H and O–H groups in total. The summed E-state index contributed by atoms with van der Waals surface area (Å²) in [5.41, 5.74) is 1.44. The number of ether oxygens (including phenoxy) is 1. The summed E-state index contributed by atoms with van der Waals surface area (Å²) in [5, 5.41) is 10.2. The molecule has 0 spiro atoms. The summed E-state index contributed by atoms with van der Waals surface area (Å²) in [4.78, 5) is 12.2. The SMILES string of the molecule is O=C(NCCn1cccn1)c1cccc2c1OCCN2. The van der Waals surface area contributed by atoms with Crippen LogP contribution in [-0.2, 0) is 6.54 Å². The van der Waals surface area contributed by atoms with Crippen LogP contribution in [0.3, 0.4) is 0 Å². The third-order valence-electron chi connectivity index (χ3n) is 3.11. The van der Waals surface area contributed by atoms with E-state index in [2.05, 4.69) is 15.7 Å². The van der Waals surface area contributed by atoms with Gasteiger partial charge in [-0.15, -0.1) is 0 Å². The van der Waals surface area contributed by atoms with Crippen LogP contribution in [0.5, 0.6) is 5.75 Å². The fraction of sp³-hybridized carbons (Fsp3) is 0.286. The monoisotopic (exact) mass is 272 g/mol. The molecule has 1 amide bonds. The van der Waals surface area contributed by atoms with Crippen LogP contribution in [0.25, 0.3) is 0 Å². The fourth-order valence-electron chi connectivity index (χ4n) is 2.16. The minimum atomic E-state index is -0.127. The van der Waals surface area contributed by atoms with Gasteiger partial charge in [0.1, 0.15) is 6.61 Å². The second-order valence-corrected chi connectivity index (χ2v) is 4.48. The minimum absolute atomic E-state index is 0.127. The Morgan fingerprint density at radius 1 is 1.45 bits per heavy atom. The Morgan fingerprint density at radius 2 is 2.40 bits per heavy atom. The Hall–Kier alpha value is -2.50. The molecule has 0 atom stereocenters. The van der Waals surface area contributed by atoms with Gasteiger partial charge in [0.2, 0.25) is 0 Å². The number of nitrogens with zero attached hydrogens (tertiary/aromatic N) is 2. The molecular formula is C14H16N4O2. The Balaban J connectivity index is 1.65. The van der Waals surface area contributed by atoms with Gasteiger partial charge >= 0.3 is 0 Å². The van der Waals surface area contributed by atoms with Crippen LogP contribution in [0, 0.1) is 0 Å². The van der Waals surface area contributed by atoms with Crippen LogP contribution in [-0.4, -0.2) is 35.4 Å². The van der Waals surface area contributed by atoms with Crippen LogP contribution in [0.1, 0.15) is 10.4 Å². The zero-order chi connectivity index (χ0) is 13.8. The Kier molecular flexibility index (Phi) is 3.54. The van der Waals surface area contributed by atoms with E-state index in [0.29, 0.717) is 31.0 Å². The predicted molar refractivity (Wildman–Crippen MR) is 75.0 cm³/mol. The van der Waals surface area contributed by atoms with Crippen LogP contribution in [0.2, 0.25) is 0 Å². The number of amides is 1. The van der Waals surface area contributed by atoms with E-state index in [1.807, 2.05) is 24.4 Å². The summed E-state index contributed by atoms with van der Waals surface area (Å²) in [5.74, 6) is 0.507. The summed E-state index contributed by atoms with van der Waals surface area (Å²) >= 11 is 0. The van der Waals surface area contributed by atoms with Crippen molar-refractivity contribution in [1.29, 1.82) is 0 Å². The van der Waals surface area contributed by atoms with Gasteiger partial charge in [-0.2, -0.15) is 5.10 Å². The molecule has 0 aliphatic carbocycles. The van der Waals surface area contributed by atoms with Crippen molar-refractivity contribution in [2.45, 2.75) is 6.54 Å². The average Bonchev–Trinajstić information content (AvgIpc) is 3.00. The standard InChI is InChI=1S/C14H16N4O2/c19-14(16-6-9-18-8-2-5-17-18)11-3-1-4-12-13(11)20-10-7-15-12/h1-5,8,15H,6-7,9-10H2,(H,16,19). The van der Waals surface area contributed by atoms with Crippen molar-refractivity contribution in [2.24, 2.45) is 0 Å². The summed E-state index contributed by atoms with van der Waals surface area (Å²) in [6.45, 7) is 2.51. The topological polar surface area (TPSA) is 68.2 Å². The van der Waals surface area contributed by atoms with Crippen LogP contribution in [0.4, 0.5) is 5.69 Å². The highest BCUT2D eigenvalue weighted by Gasteiger charge is 2.18. The van der Waals surface area contributed by atoms with E-state index in [4.69, 9.17) is 4.74 Å². The molecule has 1 aromatic carbocycles. The van der Waals surface area contributed by atoms with Gasteiger partial charge in [0.05, 0.1) is 17.8 Å². The number of benzene rings is 1. The largest absolute Gasteiger partial charge is 0.489 e. The predicted octanol–water partition coefficient (Wildman–Crippen LogP) is 1.12. The molecule has 104 valence electrons. The first-order valence-corrected chi connectivity index (χ1v) is 6.60. The summed E-state index contributed by atoms with van der Waals surface area (Å²) < 4.78 is 7.36. The van der Waals surface area contributed by atoms with Crippen LogP contribution in [0.15, 0.2) is 36.7 Å². The van der Waals surface area contributed by atoms with Gasteiger partial charge in [-0.25, -0.2) is 0 Å². The van der Waals surface area contributed by atoms with Crippen molar-refractivity contribution in [3.8, 4) is 5.75 Å². The number of hydrogen-bond donors (Lipinski definition) is 2. The Labute approximate surface area is 116 Å². The molecule has 20 heavy (non-hydrogen) atoms.